The topological polar surface area (TPSA) is 24.1 Å². The maximum atomic E-state index is 3.83. The van der Waals surface area contributed by atoms with Crippen LogP contribution in [0.4, 0.5) is 0 Å². The van der Waals surface area contributed by atoms with Gasteiger partial charge in [0.15, 0.2) is 0 Å². The van der Waals surface area contributed by atoms with Crippen molar-refractivity contribution in [3.8, 4) is 0 Å². The summed E-state index contributed by atoms with van der Waals surface area (Å²) in [6.07, 6.45) is 11.9. The number of hydrogen-bond acceptors (Lipinski definition) is 2. The van der Waals surface area contributed by atoms with Crippen LogP contribution in [0.25, 0.3) is 0 Å². The van der Waals surface area contributed by atoms with Crippen molar-refractivity contribution in [2.45, 2.75) is 105 Å². The normalized spacial score (nSPS) is 24.8. The maximum absolute atomic E-state index is 3.83. The van der Waals surface area contributed by atoms with Crippen LogP contribution in [-0.4, -0.2) is 18.8 Å². The molecule has 2 unspecified atom stereocenters. The summed E-state index contributed by atoms with van der Waals surface area (Å²) in [6, 6.07) is 0. The van der Waals surface area contributed by atoms with Gasteiger partial charge in [-0.05, 0) is 69.4 Å². The molecule has 1 rings (SSSR count). The highest BCUT2D eigenvalue weighted by Crippen LogP contribution is 2.46. The third-order valence-electron chi connectivity index (χ3n) is 6.22. The number of nitrogens with one attached hydrogen (secondary N) is 2. The number of unbranched alkanes of at least 4 members (excludes halogenated alkanes) is 2. The van der Waals surface area contributed by atoms with Gasteiger partial charge in [0.25, 0.3) is 0 Å². The molecule has 0 spiro atoms. The minimum atomic E-state index is 0.109. The Kier molecular flexibility index (Phi) is 9.15. The Labute approximate surface area is 146 Å². The van der Waals surface area contributed by atoms with Crippen molar-refractivity contribution < 1.29 is 0 Å². The summed E-state index contributed by atoms with van der Waals surface area (Å²) < 4.78 is 0. The Bertz CT molecular complexity index is 301. The predicted octanol–water partition coefficient (Wildman–Crippen LogP) is 5.72. The molecular weight excluding hydrogens is 280 g/mol. The minimum absolute atomic E-state index is 0.109. The molecule has 0 heterocycles. The van der Waals surface area contributed by atoms with Crippen LogP contribution in [-0.2, 0) is 0 Å². The van der Waals surface area contributed by atoms with E-state index in [4.69, 9.17) is 0 Å². The Morgan fingerprint density at radius 1 is 1.04 bits per heavy atom. The van der Waals surface area contributed by atoms with Gasteiger partial charge in [0.05, 0.1) is 5.66 Å². The molecule has 1 aliphatic carbocycles. The first-order valence-electron chi connectivity index (χ1n) is 10.3. The second kappa shape index (κ2) is 10.0. The van der Waals surface area contributed by atoms with Crippen molar-refractivity contribution in [3.05, 3.63) is 0 Å². The average Bonchev–Trinajstić information content (AvgIpc) is 2.47. The summed E-state index contributed by atoms with van der Waals surface area (Å²) in [5.74, 6) is 1.76. The highest BCUT2D eigenvalue weighted by molar-refractivity contribution is 4.89. The lowest BCUT2D eigenvalue weighted by Crippen LogP contribution is -2.55. The van der Waals surface area contributed by atoms with E-state index in [-0.39, 0.29) is 5.66 Å². The first-order chi connectivity index (χ1) is 10.8. The van der Waals surface area contributed by atoms with Crippen LogP contribution in [0.3, 0.4) is 0 Å². The van der Waals surface area contributed by atoms with Gasteiger partial charge in [0, 0.05) is 0 Å². The second-order valence-corrected chi connectivity index (χ2v) is 8.90. The second-order valence-electron chi connectivity index (χ2n) is 8.90. The monoisotopic (exact) mass is 324 g/mol. The van der Waals surface area contributed by atoms with E-state index in [9.17, 15) is 0 Å². The molecule has 2 heteroatoms. The molecule has 0 radical (unpaired) electrons. The van der Waals surface area contributed by atoms with Gasteiger partial charge >= 0.3 is 0 Å². The van der Waals surface area contributed by atoms with E-state index in [1.807, 2.05) is 0 Å². The van der Waals surface area contributed by atoms with Crippen LogP contribution < -0.4 is 10.6 Å². The van der Waals surface area contributed by atoms with Crippen molar-refractivity contribution >= 4 is 0 Å². The smallest absolute Gasteiger partial charge is 0.0658 e. The molecule has 2 N–H and O–H groups in total. The summed E-state index contributed by atoms with van der Waals surface area (Å²) >= 11 is 0. The van der Waals surface area contributed by atoms with Crippen molar-refractivity contribution in [1.29, 1.82) is 0 Å². The first-order valence-corrected chi connectivity index (χ1v) is 10.3. The van der Waals surface area contributed by atoms with E-state index in [0.29, 0.717) is 5.41 Å². The fourth-order valence-corrected chi connectivity index (χ4v) is 4.48. The largest absolute Gasteiger partial charge is 0.300 e. The molecule has 0 aliphatic heterocycles. The Morgan fingerprint density at radius 2 is 1.61 bits per heavy atom. The molecule has 0 aromatic carbocycles. The molecular formula is C21H44N2. The lowest BCUT2D eigenvalue weighted by Gasteiger charge is -2.45. The van der Waals surface area contributed by atoms with Gasteiger partial charge in [-0.2, -0.15) is 0 Å². The molecule has 1 saturated carbocycles. The summed E-state index contributed by atoms with van der Waals surface area (Å²) in [6.45, 7) is 16.7. The van der Waals surface area contributed by atoms with Gasteiger partial charge in [-0.15, -0.1) is 0 Å². The minimum Gasteiger partial charge on any atom is -0.300 e. The Balaban J connectivity index is 2.59. The standard InChI is InChI=1S/C21H44N2/c1-7-9-16-22-21(6,23-17-10-8-2)15-13-19-18(3)12-11-14-20(19,4)5/h18-19,22-23H,7-17H2,1-6H3. The Hall–Kier alpha value is -0.0800. The number of rotatable bonds is 11. The average molecular weight is 325 g/mol. The lowest BCUT2D eigenvalue weighted by atomic mass is 9.62. The lowest BCUT2D eigenvalue weighted by molar-refractivity contribution is 0.0639. The van der Waals surface area contributed by atoms with E-state index < -0.39 is 0 Å². The third kappa shape index (κ3) is 7.13. The highest BCUT2D eigenvalue weighted by Gasteiger charge is 2.37. The van der Waals surface area contributed by atoms with E-state index >= 15 is 0 Å². The summed E-state index contributed by atoms with van der Waals surface area (Å²) in [5.41, 5.74) is 0.628. The maximum Gasteiger partial charge on any atom is 0.0658 e. The molecule has 0 aromatic rings. The van der Waals surface area contributed by atoms with E-state index in [2.05, 4.69) is 52.2 Å². The molecule has 23 heavy (non-hydrogen) atoms. The molecule has 138 valence electrons. The van der Waals surface area contributed by atoms with Crippen molar-refractivity contribution in [3.63, 3.8) is 0 Å². The van der Waals surface area contributed by atoms with E-state index in [1.165, 1.54) is 57.8 Å². The molecule has 0 amide bonds. The number of hydrogen-bond donors (Lipinski definition) is 2. The predicted molar refractivity (Wildman–Crippen MR) is 104 cm³/mol. The van der Waals surface area contributed by atoms with Gasteiger partial charge in [0.1, 0.15) is 0 Å². The summed E-state index contributed by atoms with van der Waals surface area (Å²) in [5, 5.41) is 7.65. The quantitative estimate of drug-likeness (QED) is 0.375. The SMILES string of the molecule is CCCCNC(C)(CCC1C(C)CCCC1(C)C)NCCCC. The van der Waals surface area contributed by atoms with Gasteiger partial charge in [-0.3, -0.25) is 10.6 Å². The van der Waals surface area contributed by atoms with E-state index in [1.54, 1.807) is 0 Å². The molecule has 1 fully saturated rings. The van der Waals surface area contributed by atoms with Crippen molar-refractivity contribution in [2.75, 3.05) is 13.1 Å². The van der Waals surface area contributed by atoms with Crippen LogP contribution in [0.1, 0.15) is 99.3 Å². The first kappa shape index (κ1) is 21.0. The van der Waals surface area contributed by atoms with Crippen molar-refractivity contribution in [2.24, 2.45) is 17.3 Å². The molecule has 2 atom stereocenters. The summed E-state index contributed by atoms with van der Waals surface area (Å²) in [7, 11) is 0. The zero-order chi connectivity index (χ0) is 17.3. The van der Waals surface area contributed by atoms with Gasteiger partial charge in [-0.25, -0.2) is 0 Å². The molecule has 2 nitrogen and oxygen atoms in total. The fraction of sp³-hybridized carbons (Fsp3) is 1.00. The van der Waals surface area contributed by atoms with E-state index in [0.717, 1.165) is 24.9 Å². The molecule has 0 bridgehead atoms. The van der Waals surface area contributed by atoms with Gasteiger partial charge < -0.3 is 0 Å². The van der Waals surface area contributed by atoms with Crippen LogP contribution in [0.5, 0.6) is 0 Å². The van der Waals surface area contributed by atoms with Crippen molar-refractivity contribution in [1.82, 2.24) is 10.6 Å². The fourth-order valence-electron chi connectivity index (χ4n) is 4.48. The van der Waals surface area contributed by atoms with Crippen LogP contribution in [0.15, 0.2) is 0 Å². The molecule has 1 aliphatic rings. The van der Waals surface area contributed by atoms with Gasteiger partial charge in [0.2, 0.25) is 0 Å². The zero-order valence-electron chi connectivity index (χ0n) is 16.9. The van der Waals surface area contributed by atoms with Crippen LogP contribution >= 0.6 is 0 Å². The van der Waals surface area contributed by atoms with Gasteiger partial charge in [-0.1, -0.05) is 60.3 Å². The third-order valence-corrected chi connectivity index (χ3v) is 6.22. The van der Waals surface area contributed by atoms with Crippen LogP contribution in [0.2, 0.25) is 0 Å². The Morgan fingerprint density at radius 3 is 2.09 bits per heavy atom. The molecule has 0 saturated heterocycles. The summed E-state index contributed by atoms with van der Waals surface area (Å²) in [4.78, 5) is 0. The van der Waals surface area contributed by atoms with Crippen LogP contribution in [0, 0.1) is 17.3 Å². The molecule has 0 aromatic heterocycles. The zero-order valence-corrected chi connectivity index (χ0v) is 16.9. The highest BCUT2D eigenvalue weighted by atomic mass is 15.2.